The van der Waals surface area contributed by atoms with Gasteiger partial charge in [0.05, 0.1) is 6.20 Å². The van der Waals surface area contributed by atoms with Crippen LogP contribution in [0.2, 0.25) is 5.02 Å². The van der Waals surface area contributed by atoms with Crippen molar-refractivity contribution in [1.82, 2.24) is 9.97 Å². The van der Waals surface area contributed by atoms with E-state index in [0.29, 0.717) is 16.8 Å². The zero-order valence-corrected chi connectivity index (χ0v) is 11.8. The molecule has 4 nitrogen and oxygen atoms in total. The van der Waals surface area contributed by atoms with Gasteiger partial charge in [0.2, 0.25) is 5.95 Å². The van der Waals surface area contributed by atoms with Crippen LogP contribution in [0.15, 0.2) is 30.5 Å². The molecule has 0 spiro atoms. The van der Waals surface area contributed by atoms with Crippen LogP contribution >= 0.6 is 11.6 Å². The fourth-order valence-electron chi connectivity index (χ4n) is 1.66. The summed E-state index contributed by atoms with van der Waals surface area (Å²) in [5, 5.41) is 6.76. The zero-order chi connectivity index (χ0) is 13.7. The van der Waals surface area contributed by atoms with Crippen molar-refractivity contribution in [3.8, 4) is 0 Å². The van der Waals surface area contributed by atoms with Gasteiger partial charge in [-0.2, -0.15) is 4.98 Å². The molecule has 19 heavy (non-hydrogen) atoms. The number of aromatic nitrogens is 2. The first kappa shape index (κ1) is 13.6. The summed E-state index contributed by atoms with van der Waals surface area (Å²) < 4.78 is 0. The van der Waals surface area contributed by atoms with Crippen LogP contribution in [-0.2, 0) is 6.42 Å². The van der Waals surface area contributed by atoms with E-state index in [0.717, 1.165) is 18.7 Å². The van der Waals surface area contributed by atoms with Crippen LogP contribution in [0.4, 0.5) is 17.5 Å². The minimum atomic E-state index is 0.501. The second-order valence-corrected chi connectivity index (χ2v) is 4.50. The monoisotopic (exact) mass is 276 g/mol. The van der Waals surface area contributed by atoms with Crippen LogP contribution in [0, 0.1) is 0 Å². The van der Waals surface area contributed by atoms with Gasteiger partial charge in [-0.1, -0.05) is 30.7 Å². The molecule has 5 heteroatoms. The Labute approximate surface area is 118 Å². The highest BCUT2D eigenvalue weighted by Crippen LogP contribution is 2.23. The number of halogens is 1. The summed E-state index contributed by atoms with van der Waals surface area (Å²) in [4.78, 5) is 8.44. The fourth-order valence-corrected chi connectivity index (χ4v) is 1.80. The average molecular weight is 277 g/mol. The normalized spacial score (nSPS) is 10.3. The minimum Gasteiger partial charge on any atom is -0.354 e. The second-order valence-electron chi connectivity index (χ2n) is 4.10. The minimum absolute atomic E-state index is 0.501. The van der Waals surface area contributed by atoms with Gasteiger partial charge < -0.3 is 10.6 Å². The molecular formula is C14H17ClN4. The SMILES string of the molecule is CCNc1ncc(Cl)c(Nc2ccc(CC)cc2)n1. The predicted molar refractivity (Wildman–Crippen MR) is 80.3 cm³/mol. The van der Waals surface area contributed by atoms with Crippen molar-refractivity contribution in [3.63, 3.8) is 0 Å². The maximum Gasteiger partial charge on any atom is 0.224 e. The summed E-state index contributed by atoms with van der Waals surface area (Å²) >= 11 is 6.09. The average Bonchev–Trinajstić information content (AvgIpc) is 2.44. The first-order valence-electron chi connectivity index (χ1n) is 6.35. The zero-order valence-electron chi connectivity index (χ0n) is 11.1. The van der Waals surface area contributed by atoms with E-state index in [1.54, 1.807) is 6.20 Å². The van der Waals surface area contributed by atoms with Gasteiger partial charge in [-0.15, -0.1) is 0 Å². The van der Waals surface area contributed by atoms with Gasteiger partial charge in [0.25, 0.3) is 0 Å². The number of aryl methyl sites for hydroxylation is 1. The van der Waals surface area contributed by atoms with Gasteiger partial charge in [0.1, 0.15) is 5.02 Å². The molecule has 0 unspecified atom stereocenters. The van der Waals surface area contributed by atoms with Crippen LogP contribution in [0.3, 0.4) is 0 Å². The molecule has 0 radical (unpaired) electrons. The Bertz CT molecular complexity index is 540. The lowest BCUT2D eigenvalue weighted by molar-refractivity contribution is 1.09. The molecule has 0 saturated heterocycles. The molecule has 2 rings (SSSR count). The van der Waals surface area contributed by atoms with Crippen LogP contribution in [0.5, 0.6) is 0 Å². The lowest BCUT2D eigenvalue weighted by Gasteiger charge is -2.09. The van der Waals surface area contributed by atoms with Crippen LogP contribution in [-0.4, -0.2) is 16.5 Å². The highest BCUT2D eigenvalue weighted by molar-refractivity contribution is 6.32. The van der Waals surface area contributed by atoms with E-state index in [-0.39, 0.29) is 0 Å². The Morgan fingerprint density at radius 3 is 2.53 bits per heavy atom. The molecule has 0 atom stereocenters. The van der Waals surface area contributed by atoms with E-state index in [1.165, 1.54) is 5.56 Å². The molecule has 0 amide bonds. The molecule has 0 saturated carbocycles. The largest absolute Gasteiger partial charge is 0.354 e. The molecule has 1 aromatic heterocycles. The van der Waals surface area contributed by atoms with Crippen molar-refractivity contribution in [2.45, 2.75) is 20.3 Å². The number of nitrogens with one attached hydrogen (secondary N) is 2. The summed E-state index contributed by atoms with van der Waals surface area (Å²) in [6.07, 6.45) is 2.62. The van der Waals surface area contributed by atoms with Crippen LogP contribution in [0.1, 0.15) is 19.4 Å². The molecular weight excluding hydrogens is 260 g/mol. The van der Waals surface area contributed by atoms with Gasteiger partial charge >= 0.3 is 0 Å². The number of benzene rings is 1. The maximum absolute atomic E-state index is 6.09. The maximum atomic E-state index is 6.09. The van der Waals surface area contributed by atoms with Gasteiger partial charge in [0, 0.05) is 12.2 Å². The van der Waals surface area contributed by atoms with Gasteiger partial charge in [-0.3, -0.25) is 0 Å². The van der Waals surface area contributed by atoms with Gasteiger partial charge in [0.15, 0.2) is 5.82 Å². The van der Waals surface area contributed by atoms with Gasteiger partial charge in [-0.05, 0) is 31.0 Å². The molecule has 1 heterocycles. The van der Waals surface area contributed by atoms with E-state index in [2.05, 4.69) is 39.7 Å². The molecule has 2 aromatic rings. The molecule has 0 bridgehead atoms. The fraction of sp³-hybridized carbons (Fsp3) is 0.286. The Hall–Kier alpha value is -1.81. The predicted octanol–water partition coefficient (Wildman–Crippen LogP) is 3.87. The third-order valence-electron chi connectivity index (χ3n) is 2.70. The van der Waals surface area contributed by atoms with Crippen LogP contribution < -0.4 is 10.6 Å². The van der Waals surface area contributed by atoms with E-state index >= 15 is 0 Å². The summed E-state index contributed by atoms with van der Waals surface area (Å²) in [6, 6.07) is 8.21. The number of hydrogen-bond donors (Lipinski definition) is 2. The molecule has 1 aromatic carbocycles. The molecule has 100 valence electrons. The molecule has 0 aliphatic heterocycles. The Balaban J connectivity index is 2.18. The number of rotatable bonds is 5. The Morgan fingerprint density at radius 2 is 1.89 bits per heavy atom. The van der Waals surface area contributed by atoms with Crippen molar-refractivity contribution in [2.24, 2.45) is 0 Å². The lowest BCUT2D eigenvalue weighted by atomic mass is 10.1. The number of nitrogens with zero attached hydrogens (tertiary/aromatic N) is 2. The van der Waals surface area contributed by atoms with Crippen LogP contribution in [0.25, 0.3) is 0 Å². The topological polar surface area (TPSA) is 49.8 Å². The highest BCUT2D eigenvalue weighted by Gasteiger charge is 2.05. The van der Waals surface area contributed by atoms with Crippen molar-refractivity contribution in [3.05, 3.63) is 41.0 Å². The smallest absolute Gasteiger partial charge is 0.224 e. The van der Waals surface area contributed by atoms with E-state index in [4.69, 9.17) is 11.6 Å². The van der Waals surface area contributed by atoms with Gasteiger partial charge in [-0.25, -0.2) is 4.98 Å². The molecule has 0 aliphatic rings. The molecule has 2 N–H and O–H groups in total. The van der Waals surface area contributed by atoms with Crippen molar-refractivity contribution in [1.29, 1.82) is 0 Å². The lowest BCUT2D eigenvalue weighted by Crippen LogP contribution is -2.04. The van der Waals surface area contributed by atoms with Crippen molar-refractivity contribution in [2.75, 3.05) is 17.2 Å². The summed E-state index contributed by atoms with van der Waals surface area (Å²) in [5.74, 6) is 1.18. The second kappa shape index (κ2) is 6.38. The van der Waals surface area contributed by atoms with E-state index in [1.807, 2.05) is 19.1 Å². The molecule has 0 fully saturated rings. The van der Waals surface area contributed by atoms with Crippen molar-refractivity contribution >= 4 is 29.1 Å². The standard InChI is InChI=1S/C14H17ClN4/c1-3-10-5-7-11(8-6-10)18-13-12(15)9-17-14(19-13)16-4-2/h5-9H,3-4H2,1-2H3,(H2,16,17,18,19). The van der Waals surface area contributed by atoms with Crippen molar-refractivity contribution < 1.29 is 0 Å². The third kappa shape index (κ3) is 3.58. The molecule has 0 aliphatic carbocycles. The number of hydrogen-bond acceptors (Lipinski definition) is 4. The third-order valence-corrected chi connectivity index (χ3v) is 2.98. The Kier molecular flexibility index (Phi) is 4.58. The van der Waals surface area contributed by atoms with E-state index < -0.39 is 0 Å². The highest BCUT2D eigenvalue weighted by atomic mass is 35.5. The quantitative estimate of drug-likeness (QED) is 0.870. The summed E-state index contributed by atoms with van der Waals surface area (Å²) in [6.45, 7) is 4.90. The number of anilines is 3. The van der Waals surface area contributed by atoms with E-state index in [9.17, 15) is 0 Å². The summed E-state index contributed by atoms with van der Waals surface area (Å²) in [7, 11) is 0. The Morgan fingerprint density at radius 1 is 1.16 bits per heavy atom. The summed E-state index contributed by atoms with van der Waals surface area (Å²) in [5.41, 5.74) is 2.26. The first-order chi connectivity index (χ1) is 9.22. The first-order valence-corrected chi connectivity index (χ1v) is 6.73.